The van der Waals surface area contributed by atoms with E-state index in [1.807, 2.05) is 0 Å². The molecule has 116 valence electrons. The molecule has 1 N–H and O–H groups in total. The van der Waals surface area contributed by atoms with E-state index in [1.54, 1.807) is 25.3 Å². The molecule has 1 aromatic carbocycles. The van der Waals surface area contributed by atoms with Crippen molar-refractivity contribution in [1.29, 1.82) is 0 Å². The zero-order chi connectivity index (χ0) is 16.1. The van der Waals surface area contributed by atoms with Gasteiger partial charge in [0.1, 0.15) is 5.82 Å². The van der Waals surface area contributed by atoms with Gasteiger partial charge in [-0.25, -0.2) is 9.37 Å². The number of ether oxygens (including phenoxy) is 1. The highest BCUT2D eigenvalue weighted by Crippen LogP contribution is 2.18. The minimum atomic E-state index is -0.591. The van der Waals surface area contributed by atoms with E-state index >= 15 is 0 Å². The zero-order valence-corrected chi connectivity index (χ0v) is 13.0. The molecule has 2 rings (SSSR count). The minimum absolute atomic E-state index is 0.0397. The fourth-order valence-corrected chi connectivity index (χ4v) is 2.49. The summed E-state index contributed by atoms with van der Waals surface area (Å²) in [6.07, 6.45) is 0.0407. The number of hydrogen-bond donors (Lipinski definition) is 1. The number of benzene rings is 1. The predicted molar refractivity (Wildman–Crippen MR) is 81.5 cm³/mol. The summed E-state index contributed by atoms with van der Waals surface area (Å²) in [4.78, 5) is 27.5. The number of halogens is 1. The average Bonchev–Trinajstić information content (AvgIpc) is 2.88. The number of aryl methyl sites for hydroxylation is 1. The van der Waals surface area contributed by atoms with Crippen molar-refractivity contribution < 1.29 is 18.7 Å². The number of aromatic nitrogens is 1. The first-order chi connectivity index (χ1) is 10.5. The maximum absolute atomic E-state index is 13.6. The maximum Gasteiger partial charge on any atom is 0.311 e. The van der Waals surface area contributed by atoms with Crippen molar-refractivity contribution in [3.8, 4) is 0 Å². The number of thiazole rings is 1. The third-order valence-corrected chi connectivity index (χ3v) is 3.58. The molecule has 1 aromatic heterocycles. The molecule has 5 nitrogen and oxygen atoms in total. The third-order valence-electron chi connectivity index (χ3n) is 2.77. The van der Waals surface area contributed by atoms with Crippen molar-refractivity contribution >= 4 is 28.3 Å². The van der Waals surface area contributed by atoms with Crippen molar-refractivity contribution in [2.45, 2.75) is 20.3 Å². The number of hydrogen-bond acceptors (Lipinski definition) is 5. The van der Waals surface area contributed by atoms with Gasteiger partial charge in [-0.05, 0) is 26.0 Å². The van der Waals surface area contributed by atoms with Crippen LogP contribution in [0.3, 0.4) is 0 Å². The number of anilines is 1. The van der Waals surface area contributed by atoms with Crippen LogP contribution in [0.1, 0.15) is 28.5 Å². The topological polar surface area (TPSA) is 68.3 Å². The molecule has 0 fully saturated rings. The molecule has 0 saturated carbocycles. The van der Waals surface area contributed by atoms with Gasteiger partial charge in [0.2, 0.25) is 0 Å². The SMILES string of the molecule is CCOC(=O)Cc1csc(NC(=O)c2cc(C)ccc2F)n1. The summed E-state index contributed by atoms with van der Waals surface area (Å²) in [6, 6.07) is 4.31. The van der Waals surface area contributed by atoms with Crippen LogP contribution in [-0.4, -0.2) is 23.5 Å². The van der Waals surface area contributed by atoms with Crippen LogP contribution in [0, 0.1) is 12.7 Å². The van der Waals surface area contributed by atoms with Crippen LogP contribution in [0.15, 0.2) is 23.6 Å². The van der Waals surface area contributed by atoms with Gasteiger partial charge < -0.3 is 4.74 Å². The van der Waals surface area contributed by atoms with Crippen LogP contribution >= 0.6 is 11.3 Å². The van der Waals surface area contributed by atoms with Crippen molar-refractivity contribution in [3.05, 3.63) is 46.2 Å². The van der Waals surface area contributed by atoms with E-state index in [4.69, 9.17) is 4.74 Å². The van der Waals surface area contributed by atoms with E-state index in [2.05, 4.69) is 10.3 Å². The van der Waals surface area contributed by atoms with E-state index in [-0.39, 0.29) is 18.0 Å². The molecule has 0 saturated heterocycles. The number of carbonyl (C=O) groups is 2. The summed E-state index contributed by atoms with van der Waals surface area (Å²) in [5.41, 5.74) is 1.25. The Kier molecular flexibility index (Phi) is 5.21. The van der Waals surface area contributed by atoms with E-state index in [0.717, 1.165) is 5.56 Å². The molecule has 0 aliphatic rings. The summed E-state index contributed by atoms with van der Waals surface area (Å²) in [5, 5.41) is 4.49. The molecule has 0 aliphatic carbocycles. The second kappa shape index (κ2) is 7.13. The van der Waals surface area contributed by atoms with Gasteiger partial charge in [0.25, 0.3) is 5.91 Å². The molecule has 0 bridgehead atoms. The maximum atomic E-state index is 13.6. The van der Waals surface area contributed by atoms with Gasteiger partial charge >= 0.3 is 5.97 Å². The fraction of sp³-hybridized carbons (Fsp3) is 0.267. The lowest BCUT2D eigenvalue weighted by Gasteiger charge is -2.04. The number of carbonyl (C=O) groups excluding carboxylic acids is 2. The van der Waals surface area contributed by atoms with Gasteiger partial charge in [0.15, 0.2) is 5.13 Å². The fourth-order valence-electron chi connectivity index (χ4n) is 1.78. The molecule has 0 radical (unpaired) electrons. The molecule has 0 aliphatic heterocycles. The first kappa shape index (κ1) is 16.1. The minimum Gasteiger partial charge on any atom is -0.466 e. The Morgan fingerprint density at radius 3 is 2.91 bits per heavy atom. The van der Waals surface area contributed by atoms with Gasteiger partial charge in [-0.2, -0.15) is 0 Å². The van der Waals surface area contributed by atoms with Crippen molar-refractivity contribution in [2.75, 3.05) is 11.9 Å². The van der Waals surface area contributed by atoms with Gasteiger partial charge in [-0.1, -0.05) is 11.6 Å². The van der Waals surface area contributed by atoms with Crippen molar-refractivity contribution in [1.82, 2.24) is 4.98 Å². The number of nitrogens with one attached hydrogen (secondary N) is 1. The van der Waals surface area contributed by atoms with Gasteiger partial charge in [0, 0.05) is 5.38 Å². The third kappa shape index (κ3) is 4.11. The van der Waals surface area contributed by atoms with Crippen LogP contribution in [0.2, 0.25) is 0 Å². The Balaban J connectivity index is 2.05. The first-order valence-electron chi connectivity index (χ1n) is 6.67. The predicted octanol–water partition coefficient (Wildman–Crippen LogP) is 2.95. The summed E-state index contributed by atoms with van der Waals surface area (Å²) in [5.74, 6) is -1.54. The molecule has 7 heteroatoms. The van der Waals surface area contributed by atoms with E-state index in [9.17, 15) is 14.0 Å². The summed E-state index contributed by atoms with van der Waals surface area (Å²) >= 11 is 1.17. The highest BCUT2D eigenvalue weighted by atomic mass is 32.1. The number of nitrogens with zero attached hydrogens (tertiary/aromatic N) is 1. The molecule has 1 heterocycles. The quantitative estimate of drug-likeness (QED) is 0.859. The lowest BCUT2D eigenvalue weighted by molar-refractivity contribution is -0.142. The summed E-state index contributed by atoms with van der Waals surface area (Å²) in [7, 11) is 0. The molecule has 0 spiro atoms. The second-order valence-electron chi connectivity index (χ2n) is 4.56. The lowest BCUT2D eigenvalue weighted by atomic mass is 10.1. The van der Waals surface area contributed by atoms with Crippen LogP contribution in [0.5, 0.6) is 0 Å². The molecule has 1 amide bonds. The summed E-state index contributed by atoms with van der Waals surface area (Å²) in [6.45, 7) is 3.80. The second-order valence-corrected chi connectivity index (χ2v) is 5.42. The molecule has 0 unspecified atom stereocenters. The Labute approximate surface area is 131 Å². The highest BCUT2D eigenvalue weighted by Gasteiger charge is 2.14. The van der Waals surface area contributed by atoms with Gasteiger partial charge in [0.05, 0.1) is 24.3 Å². The molecular formula is C15H15FN2O3S. The largest absolute Gasteiger partial charge is 0.466 e. The first-order valence-corrected chi connectivity index (χ1v) is 7.55. The Bertz CT molecular complexity index is 700. The van der Waals surface area contributed by atoms with E-state index in [1.165, 1.54) is 23.5 Å². The van der Waals surface area contributed by atoms with E-state index in [0.29, 0.717) is 17.4 Å². The average molecular weight is 322 g/mol. The van der Waals surface area contributed by atoms with Gasteiger partial charge in [-0.15, -0.1) is 11.3 Å². The molecule has 22 heavy (non-hydrogen) atoms. The van der Waals surface area contributed by atoms with Crippen molar-refractivity contribution in [3.63, 3.8) is 0 Å². The van der Waals surface area contributed by atoms with E-state index < -0.39 is 11.7 Å². The Morgan fingerprint density at radius 1 is 1.41 bits per heavy atom. The monoisotopic (exact) mass is 322 g/mol. The number of esters is 1. The standard InChI is InChI=1S/C15H15FN2O3S/c1-3-21-13(19)7-10-8-22-15(17-10)18-14(20)11-6-9(2)4-5-12(11)16/h4-6,8H,3,7H2,1-2H3,(H,17,18,20). The number of rotatable bonds is 5. The lowest BCUT2D eigenvalue weighted by Crippen LogP contribution is -2.14. The molecular weight excluding hydrogens is 307 g/mol. The van der Waals surface area contributed by atoms with Crippen LogP contribution in [-0.2, 0) is 16.0 Å². The van der Waals surface area contributed by atoms with Crippen LogP contribution in [0.25, 0.3) is 0 Å². The van der Waals surface area contributed by atoms with Crippen molar-refractivity contribution in [2.24, 2.45) is 0 Å². The molecule has 2 aromatic rings. The van der Waals surface area contributed by atoms with Crippen LogP contribution < -0.4 is 5.32 Å². The Morgan fingerprint density at radius 2 is 2.18 bits per heavy atom. The normalized spacial score (nSPS) is 10.3. The zero-order valence-electron chi connectivity index (χ0n) is 12.2. The number of amides is 1. The van der Waals surface area contributed by atoms with Gasteiger partial charge in [-0.3, -0.25) is 14.9 Å². The Hall–Kier alpha value is -2.28. The summed E-state index contributed by atoms with van der Waals surface area (Å²) < 4.78 is 18.5. The van der Waals surface area contributed by atoms with Crippen LogP contribution in [0.4, 0.5) is 9.52 Å². The highest BCUT2D eigenvalue weighted by molar-refractivity contribution is 7.14. The smallest absolute Gasteiger partial charge is 0.311 e. The molecule has 0 atom stereocenters.